The molecule has 0 aliphatic rings. The maximum atomic E-state index is 11.0. The Kier molecular flexibility index (Phi) is 4.41. The molecule has 0 saturated heterocycles. The first-order valence-corrected chi connectivity index (χ1v) is 5.72. The Bertz CT molecular complexity index is 326. The summed E-state index contributed by atoms with van der Waals surface area (Å²) in [5, 5.41) is 10.4. The van der Waals surface area contributed by atoms with Gasteiger partial charge in [-0.15, -0.1) is 10.2 Å². The summed E-state index contributed by atoms with van der Waals surface area (Å²) in [6, 6.07) is 0. The molecule has 7 heteroatoms. The van der Waals surface area contributed by atoms with E-state index in [4.69, 9.17) is 4.74 Å². The van der Waals surface area contributed by atoms with Crippen molar-refractivity contribution in [2.24, 2.45) is 0 Å². The predicted molar refractivity (Wildman–Crippen MR) is 56.9 cm³/mol. The Morgan fingerprint density at radius 2 is 2.57 bits per heavy atom. The number of hydrogen-bond acceptors (Lipinski definition) is 6. The lowest BCUT2D eigenvalue weighted by Gasteiger charge is -1.99. The molecule has 0 bridgehead atoms. The van der Waals surface area contributed by atoms with Crippen LogP contribution in [0.25, 0.3) is 0 Å². The molecule has 0 saturated carbocycles. The largest absolute Gasteiger partial charge is 0.445 e. The number of thioether (sulfide) groups is 1. The minimum atomic E-state index is -0.547. The highest BCUT2D eigenvalue weighted by molar-refractivity contribution is 8.00. The van der Waals surface area contributed by atoms with Crippen molar-refractivity contribution < 1.29 is 9.53 Å². The number of nitrogens with zero attached hydrogens (tertiary/aromatic N) is 2. The predicted octanol–water partition coefficient (Wildman–Crippen LogP) is 1.99. The molecule has 1 N–H and O–H groups in total. The van der Waals surface area contributed by atoms with Crippen molar-refractivity contribution in [1.29, 1.82) is 0 Å². The molecule has 1 aromatic heterocycles. The third-order valence-corrected chi connectivity index (χ3v) is 2.94. The van der Waals surface area contributed by atoms with Gasteiger partial charge in [-0.05, 0) is 6.26 Å². The summed E-state index contributed by atoms with van der Waals surface area (Å²) < 4.78 is 5.50. The van der Waals surface area contributed by atoms with Crippen molar-refractivity contribution in [3.63, 3.8) is 0 Å². The van der Waals surface area contributed by atoms with E-state index in [-0.39, 0.29) is 6.61 Å². The second-order valence-corrected chi connectivity index (χ2v) is 4.12. The topological polar surface area (TPSA) is 64.1 Å². The molecule has 1 amide bonds. The Hall–Kier alpha value is -1.08. The molecule has 0 atom stereocenters. The van der Waals surface area contributed by atoms with E-state index in [2.05, 4.69) is 22.1 Å². The summed E-state index contributed by atoms with van der Waals surface area (Å²) in [5.41, 5.74) is 0. The van der Waals surface area contributed by atoms with Crippen molar-refractivity contribution in [3.8, 4) is 0 Å². The minimum Gasteiger partial charge on any atom is -0.445 e. The molecular weight excluding hydrogens is 222 g/mol. The highest BCUT2D eigenvalue weighted by Gasteiger charge is 2.07. The molecule has 1 heterocycles. The Balaban J connectivity index is 2.43. The van der Waals surface area contributed by atoms with Gasteiger partial charge in [0.2, 0.25) is 5.13 Å². The monoisotopic (exact) mass is 231 g/mol. The Morgan fingerprint density at radius 3 is 3.14 bits per heavy atom. The second-order valence-electron chi connectivity index (χ2n) is 2.09. The van der Waals surface area contributed by atoms with Crippen LogP contribution in [0.15, 0.2) is 17.0 Å². The van der Waals surface area contributed by atoms with Crippen molar-refractivity contribution in [2.45, 2.75) is 4.34 Å². The van der Waals surface area contributed by atoms with Crippen LogP contribution in [-0.4, -0.2) is 29.2 Å². The van der Waals surface area contributed by atoms with Gasteiger partial charge in [-0.25, -0.2) is 4.79 Å². The number of ether oxygens (including phenoxy) is 1. The fraction of sp³-hybridized carbons (Fsp3) is 0.286. The van der Waals surface area contributed by atoms with Gasteiger partial charge >= 0.3 is 6.09 Å². The Morgan fingerprint density at radius 1 is 1.79 bits per heavy atom. The number of hydrogen-bond donors (Lipinski definition) is 1. The van der Waals surface area contributed by atoms with E-state index >= 15 is 0 Å². The van der Waals surface area contributed by atoms with Crippen LogP contribution in [0.3, 0.4) is 0 Å². The zero-order valence-corrected chi connectivity index (χ0v) is 9.15. The summed E-state index contributed by atoms with van der Waals surface area (Å²) >= 11 is 2.77. The van der Waals surface area contributed by atoms with E-state index in [1.807, 2.05) is 6.26 Å². The first-order valence-electron chi connectivity index (χ1n) is 3.68. The molecule has 0 radical (unpaired) electrons. The molecule has 1 aromatic rings. The molecular formula is C7H9N3O2S2. The number of aromatic nitrogens is 2. The van der Waals surface area contributed by atoms with Gasteiger partial charge in [-0.3, -0.25) is 5.32 Å². The third kappa shape index (κ3) is 3.35. The van der Waals surface area contributed by atoms with Gasteiger partial charge in [-0.2, -0.15) is 0 Å². The molecule has 14 heavy (non-hydrogen) atoms. The SMILES string of the molecule is C=CCOC(=O)Nc1nnc(SC)s1. The molecule has 0 fully saturated rings. The molecule has 1 rings (SSSR count). The highest BCUT2D eigenvalue weighted by Crippen LogP contribution is 2.22. The van der Waals surface area contributed by atoms with Gasteiger partial charge in [0, 0.05) is 0 Å². The van der Waals surface area contributed by atoms with Crippen LogP contribution in [0.5, 0.6) is 0 Å². The van der Waals surface area contributed by atoms with Crippen molar-refractivity contribution in [3.05, 3.63) is 12.7 Å². The van der Waals surface area contributed by atoms with Gasteiger partial charge in [0.25, 0.3) is 0 Å². The summed E-state index contributed by atoms with van der Waals surface area (Å²) in [5.74, 6) is 0. The first kappa shape index (κ1) is 11.0. The van der Waals surface area contributed by atoms with E-state index in [9.17, 15) is 4.79 Å². The number of amides is 1. The van der Waals surface area contributed by atoms with Crippen LogP contribution in [0.2, 0.25) is 0 Å². The molecule has 0 aliphatic heterocycles. The van der Waals surface area contributed by atoms with E-state index in [0.717, 1.165) is 4.34 Å². The van der Waals surface area contributed by atoms with Crippen molar-refractivity contribution in [1.82, 2.24) is 10.2 Å². The fourth-order valence-corrected chi connectivity index (χ4v) is 1.76. The van der Waals surface area contributed by atoms with Crippen molar-refractivity contribution in [2.75, 3.05) is 18.2 Å². The molecule has 5 nitrogen and oxygen atoms in total. The average Bonchev–Trinajstić information content (AvgIpc) is 2.62. The van der Waals surface area contributed by atoms with Gasteiger partial charge < -0.3 is 4.74 Å². The highest BCUT2D eigenvalue weighted by atomic mass is 32.2. The van der Waals surface area contributed by atoms with Crippen LogP contribution in [0.4, 0.5) is 9.93 Å². The summed E-state index contributed by atoms with van der Waals surface area (Å²) in [6.45, 7) is 3.60. The van der Waals surface area contributed by atoms with E-state index in [1.54, 1.807) is 0 Å². The lowest BCUT2D eigenvalue weighted by atomic mass is 10.7. The summed E-state index contributed by atoms with van der Waals surface area (Å²) in [6.07, 6.45) is 2.83. The average molecular weight is 231 g/mol. The minimum absolute atomic E-state index is 0.181. The lowest BCUT2D eigenvalue weighted by molar-refractivity contribution is 0.174. The second kappa shape index (κ2) is 5.61. The van der Waals surface area contributed by atoms with E-state index in [0.29, 0.717) is 5.13 Å². The van der Waals surface area contributed by atoms with Crippen molar-refractivity contribution >= 4 is 34.3 Å². The van der Waals surface area contributed by atoms with E-state index in [1.165, 1.54) is 29.2 Å². The van der Waals surface area contributed by atoms with Gasteiger partial charge in [0.05, 0.1) is 0 Å². The third-order valence-electron chi connectivity index (χ3n) is 1.12. The molecule has 0 spiro atoms. The molecule has 0 aliphatic carbocycles. The molecule has 0 aromatic carbocycles. The number of carbonyl (C=O) groups excluding carboxylic acids is 1. The first-order chi connectivity index (χ1) is 6.76. The van der Waals surface area contributed by atoms with Crippen LogP contribution < -0.4 is 5.32 Å². The normalized spacial score (nSPS) is 9.50. The quantitative estimate of drug-likeness (QED) is 0.488. The number of carbonyl (C=O) groups is 1. The maximum absolute atomic E-state index is 11.0. The van der Waals surface area contributed by atoms with E-state index < -0.39 is 6.09 Å². The standard InChI is InChI=1S/C7H9N3O2S2/c1-3-4-12-6(11)8-5-9-10-7(13-2)14-5/h3H,1,4H2,2H3,(H,8,9,11). The molecule has 0 unspecified atom stereocenters. The Labute approximate surface area is 89.6 Å². The van der Waals surface area contributed by atoms with Gasteiger partial charge in [-0.1, -0.05) is 35.8 Å². The summed E-state index contributed by atoms with van der Waals surface area (Å²) in [7, 11) is 0. The van der Waals surface area contributed by atoms with Crippen LogP contribution in [-0.2, 0) is 4.74 Å². The van der Waals surface area contributed by atoms with Crippen LogP contribution >= 0.6 is 23.1 Å². The van der Waals surface area contributed by atoms with Crippen LogP contribution in [0, 0.1) is 0 Å². The zero-order valence-electron chi connectivity index (χ0n) is 7.52. The zero-order chi connectivity index (χ0) is 10.4. The summed E-state index contributed by atoms with van der Waals surface area (Å²) in [4.78, 5) is 11.0. The smallest absolute Gasteiger partial charge is 0.413 e. The van der Waals surface area contributed by atoms with Gasteiger partial charge in [0.15, 0.2) is 4.34 Å². The number of nitrogens with one attached hydrogen (secondary N) is 1. The molecule has 76 valence electrons. The number of rotatable bonds is 4. The maximum Gasteiger partial charge on any atom is 0.413 e. The van der Waals surface area contributed by atoms with Crippen LogP contribution in [0.1, 0.15) is 0 Å². The number of anilines is 1. The van der Waals surface area contributed by atoms with Gasteiger partial charge in [0.1, 0.15) is 6.61 Å². The lowest BCUT2D eigenvalue weighted by Crippen LogP contribution is -2.13. The fourth-order valence-electron chi connectivity index (χ4n) is 0.601.